The summed E-state index contributed by atoms with van der Waals surface area (Å²) in [4.78, 5) is 45.8. The van der Waals surface area contributed by atoms with Crippen LogP contribution in [0.2, 0.25) is 5.02 Å². The van der Waals surface area contributed by atoms with E-state index in [-0.39, 0.29) is 25.0 Å². The first-order valence-corrected chi connectivity index (χ1v) is 16.0. The van der Waals surface area contributed by atoms with Crippen molar-refractivity contribution < 1.29 is 36.0 Å². The fourth-order valence-corrected chi connectivity index (χ4v) is 7.63. The van der Waals surface area contributed by atoms with Crippen LogP contribution in [0.5, 0.6) is 0 Å². The Bertz CT molecular complexity index is 1770. The summed E-state index contributed by atoms with van der Waals surface area (Å²) in [7, 11) is -4.44. The number of carbonyl (C=O) groups excluding carboxylic acids is 3. The number of aromatic nitrogens is 1. The van der Waals surface area contributed by atoms with Crippen LogP contribution in [-0.2, 0) is 25.8 Å². The molecule has 15 heteroatoms. The molecular weight excluding hydrogens is 635 g/mol. The minimum absolute atomic E-state index is 0.127. The normalized spacial score (nSPS) is 21.4. The number of benzene rings is 2. The van der Waals surface area contributed by atoms with Crippen molar-refractivity contribution in [1.29, 1.82) is 0 Å². The van der Waals surface area contributed by atoms with E-state index in [1.165, 1.54) is 11.8 Å². The maximum Gasteiger partial charge on any atom is 0.416 e. The van der Waals surface area contributed by atoms with E-state index in [1.807, 2.05) is 52.0 Å². The number of nitrogens with zero attached hydrogens (tertiary/aromatic N) is 2. The molecule has 242 valence electrons. The second-order valence-electron chi connectivity index (χ2n) is 12.8. The number of aromatic amines is 1. The lowest BCUT2D eigenvalue weighted by Crippen LogP contribution is -2.89. The predicted molar refractivity (Wildman–Crippen MR) is 161 cm³/mol. The Balaban J connectivity index is 1.24. The largest absolute Gasteiger partial charge is 0.416 e. The van der Waals surface area contributed by atoms with Crippen LogP contribution in [0.3, 0.4) is 0 Å². The molecular formula is C30H33ClF3N5O5S. The molecule has 3 amide bonds. The van der Waals surface area contributed by atoms with Crippen LogP contribution in [-0.4, -0.2) is 77.7 Å². The second kappa shape index (κ2) is 11.0. The Morgan fingerprint density at radius 3 is 2.29 bits per heavy atom. The van der Waals surface area contributed by atoms with Gasteiger partial charge in [0.1, 0.15) is 16.6 Å². The van der Waals surface area contributed by atoms with E-state index in [1.54, 1.807) is 11.0 Å². The summed E-state index contributed by atoms with van der Waals surface area (Å²) in [6, 6.07) is 8.46. The maximum absolute atomic E-state index is 13.8. The SMILES string of the molecule is C[C@H](NS(=O)(=O)c1ccc(C(F)(F)F)cc1Cl)C(=O)N1CC2(C)[C@H]1CN2C(=O)[C@@H](NC(=O)c1cc2ccccc2[nH]1)C(C)(C)C. The molecule has 3 N–H and O–H groups in total. The van der Waals surface area contributed by atoms with Crippen molar-refractivity contribution in [3.8, 4) is 0 Å². The minimum Gasteiger partial charge on any atom is -0.351 e. The molecule has 3 heterocycles. The molecule has 2 aliphatic rings. The first-order chi connectivity index (χ1) is 20.7. The topological polar surface area (TPSA) is 132 Å². The van der Waals surface area contributed by atoms with E-state index in [0.717, 1.165) is 17.0 Å². The average Bonchev–Trinajstić information content (AvgIpc) is 3.37. The summed E-state index contributed by atoms with van der Waals surface area (Å²) < 4.78 is 66.9. The van der Waals surface area contributed by atoms with Gasteiger partial charge in [-0.25, -0.2) is 8.42 Å². The monoisotopic (exact) mass is 667 g/mol. The van der Waals surface area contributed by atoms with Gasteiger partial charge in [0.2, 0.25) is 21.8 Å². The first kappa shape index (κ1) is 32.8. The second-order valence-corrected chi connectivity index (χ2v) is 14.9. The Labute approximate surface area is 263 Å². The first-order valence-electron chi connectivity index (χ1n) is 14.1. The zero-order chi connectivity index (χ0) is 33.3. The van der Waals surface area contributed by atoms with Gasteiger partial charge >= 0.3 is 6.18 Å². The molecule has 3 aromatic rings. The number of carbonyl (C=O) groups is 3. The number of nitrogens with one attached hydrogen (secondary N) is 3. The number of halogens is 4. The summed E-state index contributed by atoms with van der Waals surface area (Å²) >= 11 is 5.86. The highest BCUT2D eigenvalue weighted by Gasteiger charge is 2.65. The van der Waals surface area contributed by atoms with Crippen molar-refractivity contribution in [2.75, 3.05) is 13.1 Å². The summed E-state index contributed by atoms with van der Waals surface area (Å²) in [5.74, 6) is -1.29. The third-order valence-corrected chi connectivity index (χ3v) is 10.5. The lowest BCUT2D eigenvalue weighted by atomic mass is 9.70. The molecule has 0 aliphatic carbocycles. The van der Waals surface area contributed by atoms with E-state index >= 15 is 0 Å². The van der Waals surface area contributed by atoms with Gasteiger partial charge in [0, 0.05) is 24.0 Å². The van der Waals surface area contributed by atoms with Crippen molar-refractivity contribution >= 4 is 50.2 Å². The van der Waals surface area contributed by atoms with Crippen molar-refractivity contribution in [3.05, 3.63) is 64.8 Å². The highest BCUT2D eigenvalue weighted by molar-refractivity contribution is 7.89. The molecule has 2 aliphatic heterocycles. The number of alkyl halides is 3. The zero-order valence-electron chi connectivity index (χ0n) is 25.1. The molecule has 0 radical (unpaired) electrons. The van der Waals surface area contributed by atoms with Crippen LogP contribution in [0.25, 0.3) is 10.9 Å². The van der Waals surface area contributed by atoms with Gasteiger partial charge in [-0.3, -0.25) is 14.4 Å². The van der Waals surface area contributed by atoms with Crippen LogP contribution < -0.4 is 10.0 Å². The highest BCUT2D eigenvalue weighted by Crippen LogP contribution is 2.45. The van der Waals surface area contributed by atoms with Crippen LogP contribution in [0.15, 0.2) is 53.4 Å². The number of H-pyrrole nitrogens is 1. The lowest BCUT2D eigenvalue weighted by Gasteiger charge is -2.70. The molecule has 2 aromatic carbocycles. The third-order valence-electron chi connectivity index (χ3n) is 8.52. The number of hydrogen-bond donors (Lipinski definition) is 3. The number of piperazine rings is 1. The van der Waals surface area contributed by atoms with E-state index < -0.39 is 66.5 Å². The van der Waals surface area contributed by atoms with Gasteiger partial charge in [0.05, 0.1) is 28.2 Å². The number of fused-ring (bicyclic) bond motifs is 2. The number of amides is 3. The minimum atomic E-state index is -4.71. The Hall–Kier alpha value is -3.62. The Morgan fingerprint density at radius 1 is 1.07 bits per heavy atom. The van der Waals surface area contributed by atoms with E-state index in [4.69, 9.17) is 11.6 Å². The van der Waals surface area contributed by atoms with Crippen molar-refractivity contribution in [2.24, 2.45) is 5.41 Å². The van der Waals surface area contributed by atoms with Gasteiger partial charge in [-0.15, -0.1) is 0 Å². The van der Waals surface area contributed by atoms with Gasteiger partial charge in [-0.1, -0.05) is 50.6 Å². The summed E-state index contributed by atoms with van der Waals surface area (Å²) in [5, 5.41) is 3.10. The Kier molecular flexibility index (Phi) is 8.02. The van der Waals surface area contributed by atoms with E-state index in [9.17, 15) is 36.0 Å². The number of para-hydroxylation sites is 1. The van der Waals surface area contributed by atoms with Crippen LogP contribution in [0.4, 0.5) is 13.2 Å². The summed E-state index contributed by atoms with van der Waals surface area (Å²) in [6.45, 7) is 8.97. The summed E-state index contributed by atoms with van der Waals surface area (Å²) in [6.07, 6.45) is -4.71. The van der Waals surface area contributed by atoms with Crippen LogP contribution >= 0.6 is 11.6 Å². The van der Waals surface area contributed by atoms with Gasteiger partial charge in [-0.05, 0) is 49.6 Å². The predicted octanol–water partition coefficient (Wildman–Crippen LogP) is 4.16. The van der Waals surface area contributed by atoms with E-state index in [2.05, 4.69) is 15.0 Å². The molecule has 45 heavy (non-hydrogen) atoms. The van der Waals surface area contributed by atoms with Crippen molar-refractivity contribution in [3.63, 3.8) is 0 Å². The molecule has 0 saturated carbocycles. The van der Waals surface area contributed by atoms with Crippen molar-refractivity contribution in [2.45, 2.75) is 69.4 Å². The number of sulfonamides is 1. The third kappa shape index (κ3) is 5.90. The lowest BCUT2D eigenvalue weighted by molar-refractivity contribution is -0.207. The Morgan fingerprint density at radius 2 is 1.73 bits per heavy atom. The number of rotatable bonds is 7. The van der Waals surface area contributed by atoms with Crippen LogP contribution in [0.1, 0.15) is 50.7 Å². The fourth-order valence-electron chi connectivity index (χ4n) is 5.89. The zero-order valence-corrected chi connectivity index (χ0v) is 26.7. The van der Waals surface area contributed by atoms with Crippen molar-refractivity contribution in [1.82, 2.24) is 24.8 Å². The van der Waals surface area contributed by atoms with Crippen LogP contribution in [0, 0.1) is 5.41 Å². The van der Waals surface area contributed by atoms with Gasteiger partial charge in [0.15, 0.2) is 0 Å². The molecule has 2 saturated heterocycles. The molecule has 4 atom stereocenters. The molecule has 0 bridgehead atoms. The van der Waals surface area contributed by atoms with E-state index in [0.29, 0.717) is 17.8 Å². The van der Waals surface area contributed by atoms with Gasteiger partial charge in [0.25, 0.3) is 5.91 Å². The summed E-state index contributed by atoms with van der Waals surface area (Å²) in [5.41, 5.74) is -1.37. The fraction of sp³-hybridized carbons (Fsp3) is 0.433. The van der Waals surface area contributed by atoms with Gasteiger partial charge in [-0.2, -0.15) is 17.9 Å². The smallest absolute Gasteiger partial charge is 0.351 e. The highest BCUT2D eigenvalue weighted by atomic mass is 35.5. The molecule has 0 spiro atoms. The molecule has 5 rings (SSSR count). The number of hydrogen-bond acceptors (Lipinski definition) is 5. The average molecular weight is 668 g/mol. The molecule has 1 aromatic heterocycles. The molecule has 1 unspecified atom stereocenters. The maximum atomic E-state index is 13.8. The number of likely N-dealkylation sites (tertiary alicyclic amines) is 2. The standard InChI is InChI=1S/C30H33ClF3N5O5S/c1-16(37-45(43,44)22-11-10-18(13-19(22)31)30(32,33)34)26(41)38-15-29(5)23(38)14-39(29)27(42)24(28(2,3)4)36-25(40)21-12-17-8-6-7-9-20(17)35-21/h6-13,16,23-24,35,37H,14-15H2,1-5H3,(H,36,40)/t16-,23+,24+,29?/m0/s1. The quantitative estimate of drug-likeness (QED) is 0.348. The van der Waals surface area contributed by atoms with Gasteiger partial charge < -0.3 is 20.1 Å². The molecule has 2 fully saturated rings. The molecule has 10 nitrogen and oxygen atoms in total.